The van der Waals surface area contributed by atoms with Gasteiger partial charge in [-0.15, -0.1) is 0 Å². The lowest BCUT2D eigenvalue weighted by Crippen LogP contribution is -2.43. The summed E-state index contributed by atoms with van der Waals surface area (Å²) >= 11 is 0. The lowest BCUT2D eigenvalue weighted by Gasteiger charge is -2.33. The summed E-state index contributed by atoms with van der Waals surface area (Å²) in [5.74, 6) is -0.0903. The predicted molar refractivity (Wildman–Crippen MR) is 120 cm³/mol. The van der Waals surface area contributed by atoms with Crippen LogP contribution in [-0.2, 0) is 17.6 Å². The highest BCUT2D eigenvalue weighted by Gasteiger charge is 2.31. The molecule has 0 unspecified atom stereocenters. The average molecular weight is 490 g/mol. The summed E-state index contributed by atoms with van der Waals surface area (Å²) in [5, 5.41) is 2.88. The zero-order valence-corrected chi connectivity index (χ0v) is 20.1. The summed E-state index contributed by atoms with van der Waals surface area (Å²) in [7, 11) is 0. The maximum atomic E-state index is 15.1. The van der Waals surface area contributed by atoms with Crippen LogP contribution in [0.25, 0.3) is 0 Å². The molecule has 0 bridgehead atoms. The molecule has 1 atom stereocenters. The van der Waals surface area contributed by atoms with E-state index in [0.717, 1.165) is 18.4 Å². The maximum Gasteiger partial charge on any atom is 0.422 e. The molecule has 0 spiro atoms. The molecule has 1 saturated carbocycles. The minimum atomic E-state index is -4.41. The van der Waals surface area contributed by atoms with Crippen molar-refractivity contribution in [2.45, 2.75) is 83.3 Å². The second-order valence-corrected chi connectivity index (χ2v) is 10.2. The van der Waals surface area contributed by atoms with E-state index in [0.29, 0.717) is 51.0 Å². The van der Waals surface area contributed by atoms with Gasteiger partial charge < -0.3 is 14.8 Å². The molecular formula is C24H35F4N3O3. The van der Waals surface area contributed by atoms with E-state index < -0.39 is 30.6 Å². The molecule has 1 aromatic heterocycles. The van der Waals surface area contributed by atoms with Gasteiger partial charge in [-0.05, 0) is 64.4 Å². The fourth-order valence-corrected chi connectivity index (χ4v) is 4.52. The number of ether oxygens (including phenoxy) is 2. The van der Waals surface area contributed by atoms with Crippen molar-refractivity contribution < 1.29 is 31.8 Å². The Morgan fingerprint density at radius 1 is 1.15 bits per heavy atom. The summed E-state index contributed by atoms with van der Waals surface area (Å²) in [6, 6.07) is 3.22. The van der Waals surface area contributed by atoms with E-state index in [9.17, 15) is 18.0 Å². The molecule has 1 aromatic rings. The number of fused-ring (bicyclic) bond motifs is 1. The number of rotatable bonds is 6. The molecule has 0 radical (unpaired) electrons. The standard InChI is InChI=1S/C24H35F4N3O3/c1-23(2,3)34-22(32)29-18-7-4-16(5-8-18)19(25)14-31-12-10-17-6-9-21(30-20(17)11-13-31)33-15-24(26,27)28/h6,9,16,18-19H,4-5,7-8,10-15H2,1-3H3,(H,29,32)/t16-,18-,19-/m0/s1. The monoisotopic (exact) mass is 489 g/mol. The molecule has 2 heterocycles. The Hall–Kier alpha value is -2.10. The number of carbonyl (C=O) groups excluding carboxylic acids is 1. The number of hydrogen-bond acceptors (Lipinski definition) is 5. The highest BCUT2D eigenvalue weighted by molar-refractivity contribution is 5.68. The van der Waals surface area contributed by atoms with E-state index in [1.807, 2.05) is 20.8 Å². The summed E-state index contributed by atoms with van der Waals surface area (Å²) in [5.41, 5.74) is 1.13. The molecule has 1 amide bonds. The van der Waals surface area contributed by atoms with Crippen molar-refractivity contribution in [1.29, 1.82) is 0 Å². The first-order valence-corrected chi connectivity index (χ1v) is 11.9. The van der Waals surface area contributed by atoms with Crippen molar-refractivity contribution in [1.82, 2.24) is 15.2 Å². The quantitative estimate of drug-likeness (QED) is 0.579. The molecule has 34 heavy (non-hydrogen) atoms. The molecule has 10 heteroatoms. The number of pyridine rings is 1. The number of alkyl carbamates (subject to hydrolysis) is 1. The molecule has 1 fully saturated rings. The van der Waals surface area contributed by atoms with Crippen LogP contribution in [0.3, 0.4) is 0 Å². The summed E-state index contributed by atoms with van der Waals surface area (Å²) in [4.78, 5) is 18.3. The van der Waals surface area contributed by atoms with E-state index >= 15 is 4.39 Å². The van der Waals surface area contributed by atoms with Crippen LogP contribution in [0.5, 0.6) is 5.88 Å². The van der Waals surface area contributed by atoms with Crippen molar-refractivity contribution >= 4 is 6.09 Å². The number of aromatic nitrogens is 1. The van der Waals surface area contributed by atoms with Crippen molar-refractivity contribution in [2.75, 3.05) is 26.2 Å². The number of halogens is 4. The summed E-state index contributed by atoms with van der Waals surface area (Å²) in [6.07, 6.45) is -1.75. The topological polar surface area (TPSA) is 63.7 Å². The van der Waals surface area contributed by atoms with Crippen LogP contribution < -0.4 is 10.1 Å². The number of carbonyl (C=O) groups is 1. The zero-order valence-electron chi connectivity index (χ0n) is 20.1. The normalized spacial score (nSPS) is 22.9. The Bertz CT molecular complexity index is 821. The van der Waals surface area contributed by atoms with Crippen LogP contribution in [0.4, 0.5) is 22.4 Å². The fourth-order valence-electron chi connectivity index (χ4n) is 4.52. The van der Waals surface area contributed by atoms with Gasteiger partial charge in [-0.3, -0.25) is 4.90 Å². The van der Waals surface area contributed by atoms with Crippen LogP contribution in [0, 0.1) is 5.92 Å². The number of nitrogens with one attached hydrogen (secondary N) is 1. The van der Waals surface area contributed by atoms with E-state index in [-0.39, 0.29) is 17.8 Å². The molecule has 3 rings (SSSR count). The van der Waals surface area contributed by atoms with E-state index in [2.05, 4.69) is 15.2 Å². The van der Waals surface area contributed by atoms with Crippen LogP contribution in [0.2, 0.25) is 0 Å². The molecular weight excluding hydrogens is 454 g/mol. The van der Waals surface area contributed by atoms with Crippen LogP contribution in [0.1, 0.15) is 57.7 Å². The van der Waals surface area contributed by atoms with Gasteiger partial charge in [0.1, 0.15) is 11.8 Å². The van der Waals surface area contributed by atoms with Crippen molar-refractivity contribution in [3.8, 4) is 5.88 Å². The first-order chi connectivity index (χ1) is 15.9. The van der Waals surface area contributed by atoms with Crippen molar-refractivity contribution in [3.63, 3.8) is 0 Å². The van der Waals surface area contributed by atoms with Gasteiger partial charge in [-0.25, -0.2) is 14.2 Å². The molecule has 0 aromatic carbocycles. The van der Waals surface area contributed by atoms with Crippen LogP contribution in [0.15, 0.2) is 12.1 Å². The molecule has 6 nitrogen and oxygen atoms in total. The van der Waals surface area contributed by atoms with Gasteiger partial charge in [0.25, 0.3) is 0 Å². The van der Waals surface area contributed by atoms with Crippen molar-refractivity contribution in [3.05, 3.63) is 23.4 Å². The van der Waals surface area contributed by atoms with E-state index in [1.165, 1.54) is 6.07 Å². The summed E-state index contributed by atoms with van der Waals surface area (Å²) < 4.78 is 62.3. The van der Waals surface area contributed by atoms with Gasteiger partial charge >= 0.3 is 12.3 Å². The zero-order chi connectivity index (χ0) is 24.9. The van der Waals surface area contributed by atoms with Gasteiger partial charge in [0.15, 0.2) is 6.61 Å². The van der Waals surface area contributed by atoms with Gasteiger partial charge in [-0.1, -0.05) is 6.07 Å². The molecule has 1 aliphatic heterocycles. The number of amides is 1. The van der Waals surface area contributed by atoms with E-state index in [1.54, 1.807) is 6.07 Å². The first kappa shape index (κ1) is 26.5. The average Bonchev–Trinajstić information content (AvgIpc) is 2.93. The Morgan fingerprint density at radius 3 is 2.47 bits per heavy atom. The third-order valence-electron chi connectivity index (χ3n) is 6.23. The Labute approximate surface area is 198 Å². The molecule has 192 valence electrons. The Balaban J connectivity index is 1.43. The van der Waals surface area contributed by atoms with Gasteiger partial charge in [0.2, 0.25) is 5.88 Å². The molecule has 1 aliphatic carbocycles. The third kappa shape index (κ3) is 8.60. The number of nitrogens with zero attached hydrogens (tertiary/aromatic N) is 2. The fraction of sp³-hybridized carbons (Fsp3) is 0.750. The van der Waals surface area contributed by atoms with Crippen molar-refractivity contribution in [2.24, 2.45) is 5.92 Å². The highest BCUT2D eigenvalue weighted by Crippen LogP contribution is 2.30. The smallest absolute Gasteiger partial charge is 0.422 e. The Morgan fingerprint density at radius 2 is 1.82 bits per heavy atom. The molecule has 1 N–H and O–H groups in total. The van der Waals surface area contributed by atoms with Gasteiger partial charge in [0.05, 0.1) is 0 Å². The minimum Gasteiger partial charge on any atom is -0.468 e. The highest BCUT2D eigenvalue weighted by atomic mass is 19.4. The maximum absolute atomic E-state index is 15.1. The van der Waals surface area contributed by atoms with Gasteiger partial charge in [-0.2, -0.15) is 13.2 Å². The van der Waals surface area contributed by atoms with E-state index in [4.69, 9.17) is 9.47 Å². The summed E-state index contributed by atoms with van der Waals surface area (Å²) in [6.45, 7) is 5.66. The SMILES string of the molecule is CC(C)(C)OC(=O)N[C@H]1CC[C@H]([C@@H](F)CN2CCc3ccc(OCC(F)(F)F)nc3CC2)CC1. The molecule has 2 aliphatic rings. The number of alkyl halides is 4. The second-order valence-electron chi connectivity index (χ2n) is 10.2. The lowest BCUT2D eigenvalue weighted by atomic mass is 9.83. The number of hydrogen-bond donors (Lipinski definition) is 1. The second kappa shape index (κ2) is 11.1. The van der Waals surface area contributed by atoms with Gasteiger partial charge in [0, 0.05) is 43.9 Å². The lowest BCUT2D eigenvalue weighted by molar-refractivity contribution is -0.154. The predicted octanol–water partition coefficient (Wildman–Crippen LogP) is 4.84. The Kier molecular flexibility index (Phi) is 8.65. The van der Waals surface area contributed by atoms with Crippen LogP contribution >= 0.6 is 0 Å². The van der Waals surface area contributed by atoms with Crippen LogP contribution in [-0.4, -0.2) is 66.2 Å². The largest absolute Gasteiger partial charge is 0.468 e. The third-order valence-corrected chi connectivity index (χ3v) is 6.23. The first-order valence-electron chi connectivity index (χ1n) is 11.9. The minimum absolute atomic E-state index is 0.00539. The molecule has 0 saturated heterocycles.